The molecule has 8 heteroatoms. The highest BCUT2D eigenvalue weighted by atomic mass is 35.5. The molecule has 2 amide bonds. The molecule has 0 aliphatic carbocycles. The summed E-state index contributed by atoms with van der Waals surface area (Å²) < 4.78 is 0. The zero-order chi connectivity index (χ0) is 20.0. The van der Waals surface area contributed by atoms with Crippen molar-refractivity contribution in [1.82, 2.24) is 10.2 Å². The first-order valence-electron chi connectivity index (χ1n) is 7.82. The lowest BCUT2D eigenvalue weighted by molar-refractivity contribution is -0.384. The van der Waals surface area contributed by atoms with Crippen LogP contribution in [-0.4, -0.2) is 42.3 Å². The van der Waals surface area contributed by atoms with Crippen LogP contribution in [0.3, 0.4) is 0 Å². The van der Waals surface area contributed by atoms with Crippen LogP contribution in [-0.2, 0) is 0 Å². The van der Waals surface area contributed by atoms with Crippen molar-refractivity contribution >= 4 is 29.1 Å². The summed E-state index contributed by atoms with van der Waals surface area (Å²) in [7, 11) is 3.35. The van der Waals surface area contributed by atoms with E-state index in [0.29, 0.717) is 11.1 Å². The van der Waals surface area contributed by atoms with Crippen LogP contribution < -0.4 is 5.32 Å². The third-order valence-electron chi connectivity index (χ3n) is 3.51. The van der Waals surface area contributed by atoms with E-state index in [9.17, 15) is 19.7 Å². The number of carbonyl (C=O) groups is 2. The summed E-state index contributed by atoms with van der Waals surface area (Å²) in [5.74, 6) is 5.06. The molecule has 0 aromatic heterocycles. The average Bonchev–Trinajstić information content (AvgIpc) is 2.65. The fourth-order valence-corrected chi connectivity index (χ4v) is 2.31. The van der Waals surface area contributed by atoms with Crippen LogP contribution in [0, 0.1) is 22.0 Å². The Bertz CT molecular complexity index is 944. The van der Waals surface area contributed by atoms with Gasteiger partial charge in [-0.2, -0.15) is 0 Å². The number of halogens is 1. The molecular formula is C19H16ClN3O4. The van der Waals surface area contributed by atoms with Gasteiger partial charge in [-0.05, 0) is 36.4 Å². The number of nitrogens with one attached hydrogen (secondary N) is 1. The van der Waals surface area contributed by atoms with Crippen LogP contribution in [0.2, 0.25) is 5.02 Å². The van der Waals surface area contributed by atoms with Gasteiger partial charge in [0.05, 0.1) is 11.5 Å². The fraction of sp³-hybridized carbons (Fsp3) is 0.158. The van der Waals surface area contributed by atoms with Crippen LogP contribution in [0.15, 0.2) is 42.5 Å². The molecule has 0 radical (unpaired) electrons. The van der Waals surface area contributed by atoms with Crippen LogP contribution >= 0.6 is 11.6 Å². The largest absolute Gasteiger partial charge is 0.345 e. The van der Waals surface area contributed by atoms with Crippen LogP contribution in [0.4, 0.5) is 5.69 Å². The number of benzene rings is 2. The lowest BCUT2D eigenvalue weighted by atomic mass is 10.1. The minimum atomic E-state index is -0.649. The molecule has 0 aliphatic rings. The molecule has 7 nitrogen and oxygen atoms in total. The van der Waals surface area contributed by atoms with Gasteiger partial charge in [-0.15, -0.1) is 0 Å². The Labute approximate surface area is 161 Å². The first-order valence-corrected chi connectivity index (χ1v) is 8.20. The maximum absolute atomic E-state index is 12.0. The Balaban J connectivity index is 1.97. The van der Waals surface area contributed by atoms with Gasteiger partial charge in [0.25, 0.3) is 17.5 Å². The van der Waals surface area contributed by atoms with E-state index in [-0.39, 0.29) is 28.7 Å². The number of nitro groups is 1. The monoisotopic (exact) mass is 385 g/mol. The predicted molar refractivity (Wildman–Crippen MR) is 102 cm³/mol. The van der Waals surface area contributed by atoms with Crippen molar-refractivity contribution in [1.29, 1.82) is 0 Å². The maximum atomic E-state index is 12.0. The Morgan fingerprint density at radius 3 is 2.37 bits per heavy atom. The van der Waals surface area contributed by atoms with Crippen molar-refractivity contribution in [2.75, 3.05) is 20.6 Å². The molecule has 0 bridgehead atoms. The second kappa shape index (κ2) is 8.83. The lowest BCUT2D eigenvalue weighted by Gasteiger charge is -2.09. The van der Waals surface area contributed by atoms with E-state index in [0.717, 1.165) is 6.07 Å². The third kappa shape index (κ3) is 5.30. The summed E-state index contributed by atoms with van der Waals surface area (Å²) in [5.41, 5.74) is 1.05. The van der Waals surface area contributed by atoms with Gasteiger partial charge in [0.15, 0.2) is 0 Å². The van der Waals surface area contributed by atoms with Crippen molar-refractivity contribution in [3.8, 4) is 11.8 Å². The summed E-state index contributed by atoms with van der Waals surface area (Å²) in [6.07, 6.45) is 0. The molecule has 0 atom stereocenters. The lowest BCUT2D eigenvalue weighted by Crippen LogP contribution is -2.23. The second-order valence-corrected chi connectivity index (χ2v) is 6.09. The zero-order valence-electron chi connectivity index (χ0n) is 14.7. The Morgan fingerprint density at radius 1 is 1.15 bits per heavy atom. The van der Waals surface area contributed by atoms with Gasteiger partial charge in [-0.1, -0.05) is 23.4 Å². The minimum Gasteiger partial charge on any atom is -0.345 e. The molecule has 0 saturated heterocycles. The van der Waals surface area contributed by atoms with Gasteiger partial charge in [-0.25, -0.2) is 0 Å². The standard InChI is InChI=1S/C19H16ClN3O4/c1-22(2)19(25)14-7-5-13(6-8-14)4-3-11-21-18(24)15-9-10-16(20)17(12-15)23(26)27/h5-10,12H,11H2,1-2H3,(H,21,24). The van der Waals surface area contributed by atoms with Crippen molar-refractivity contribution in [2.45, 2.75) is 0 Å². The maximum Gasteiger partial charge on any atom is 0.288 e. The Morgan fingerprint density at radius 2 is 1.78 bits per heavy atom. The van der Waals surface area contributed by atoms with E-state index in [1.165, 1.54) is 17.0 Å². The first-order chi connectivity index (χ1) is 12.8. The van der Waals surface area contributed by atoms with Gasteiger partial charge in [0.1, 0.15) is 5.02 Å². The van der Waals surface area contributed by atoms with Crippen molar-refractivity contribution < 1.29 is 14.5 Å². The van der Waals surface area contributed by atoms with Gasteiger partial charge in [0, 0.05) is 36.9 Å². The van der Waals surface area contributed by atoms with E-state index >= 15 is 0 Å². The van der Waals surface area contributed by atoms with E-state index < -0.39 is 10.8 Å². The molecule has 0 aliphatic heterocycles. The fourth-order valence-electron chi connectivity index (χ4n) is 2.12. The van der Waals surface area contributed by atoms with Crippen LogP contribution in [0.1, 0.15) is 26.3 Å². The molecule has 2 aromatic rings. The van der Waals surface area contributed by atoms with Gasteiger partial charge < -0.3 is 10.2 Å². The normalized spacial score (nSPS) is 9.74. The Kier molecular flexibility index (Phi) is 6.52. The molecule has 27 heavy (non-hydrogen) atoms. The number of hydrogen-bond acceptors (Lipinski definition) is 4. The third-order valence-corrected chi connectivity index (χ3v) is 3.83. The number of nitrogens with zero attached hydrogens (tertiary/aromatic N) is 2. The number of amides is 2. The van der Waals surface area contributed by atoms with Crippen molar-refractivity contribution in [3.05, 3.63) is 74.3 Å². The molecule has 0 heterocycles. The second-order valence-electron chi connectivity index (χ2n) is 5.68. The molecular weight excluding hydrogens is 370 g/mol. The highest BCUT2D eigenvalue weighted by molar-refractivity contribution is 6.32. The predicted octanol–water partition coefficient (Wildman–Crippen LogP) is 2.73. The number of nitro benzene ring substituents is 1. The molecule has 138 valence electrons. The minimum absolute atomic E-state index is 0.0347. The quantitative estimate of drug-likeness (QED) is 0.497. The molecule has 0 saturated carbocycles. The summed E-state index contributed by atoms with van der Waals surface area (Å²) in [5, 5.41) is 13.4. The molecule has 0 spiro atoms. The molecule has 2 aromatic carbocycles. The van der Waals surface area contributed by atoms with Gasteiger partial charge in [-0.3, -0.25) is 19.7 Å². The SMILES string of the molecule is CN(C)C(=O)c1ccc(C#CCNC(=O)c2ccc(Cl)c([N+](=O)[O-])c2)cc1. The van der Waals surface area contributed by atoms with E-state index in [1.54, 1.807) is 38.4 Å². The van der Waals surface area contributed by atoms with Gasteiger partial charge in [0.2, 0.25) is 0 Å². The summed E-state index contributed by atoms with van der Waals surface area (Å²) >= 11 is 5.72. The van der Waals surface area contributed by atoms with E-state index in [1.807, 2.05) is 0 Å². The number of rotatable bonds is 4. The number of carbonyl (C=O) groups excluding carboxylic acids is 2. The van der Waals surface area contributed by atoms with Crippen molar-refractivity contribution in [3.63, 3.8) is 0 Å². The summed E-state index contributed by atoms with van der Waals surface area (Å²) in [4.78, 5) is 35.5. The highest BCUT2D eigenvalue weighted by Crippen LogP contribution is 2.24. The molecule has 2 rings (SSSR count). The summed E-state index contributed by atoms with van der Waals surface area (Å²) in [6.45, 7) is 0.0631. The van der Waals surface area contributed by atoms with Crippen LogP contribution in [0.5, 0.6) is 0 Å². The Hall–Kier alpha value is -3.37. The molecule has 1 N–H and O–H groups in total. The van der Waals surface area contributed by atoms with E-state index in [2.05, 4.69) is 17.2 Å². The van der Waals surface area contributed by atoms with Gasteiger partial charge >= 0.3 is 0 Å². The molecule has 0 fully saturated rings. The summed E-state index contributed by atoms with van der Waals surface area (Å²) in [6, 6.07) is 10.6. The molecule has 0 unspecified atom stereocenters. The number of hydrogen-bond donors (Lipinski definition) is 1. The van der Waals surface area contributed by atoms with Crippen molar-refractivity contribution in [2.24, 2.45) is 0 Å². The topological polar surface area (TPSA) is 92.6 Å². The average molecular weight is 386 g/mol. The van der Waals surface area contributed by atoms with E-state index in [4.69, 9.17) is 11.6 Å². The smallest absolute Gasteiger partial charge is 0.288 e. The van der Waals surface area contributed by atoms with Crippen LogP contribution in [0.25, 0.3) is 0 Å². The highest BCUT2D eigenvalue weighted by Gasteiger charge is 2.15. The first kappa shape index (κ1) is 19.9. The zero-order valence-corrected chi connectivity index (χ0v) is 15.4.